The summed E-state index contributed by atoms with van der Waals surface area (Å²) in [6.07, 6.45) is 4.53. The molecule has 11 heteroatoms. The van der Waals surface area contributed by atoms with Crippen LogP contribution in [0.5, 0.6) is 0 Å². The van der Waals surface area contributed by atoms with Crippen molar-refractivity contribution in [2.24, 2.45) is 18.0 Å². The highest BCUT2D eigenvalue weighted by atomic mass is 32.2. The average molecular weight is 511 g/mol. The molecule has 0 bridgehead atoms. The summed E-state index contributed by atoms with van der Waals surface area (Å²) in [7, 11) is -0.255. The van der Waals surface area contributed by atoms with Crippen LogP contribution in [0, 0.1) is 5.92 Å². The van der Waals surface area contributed by atoms with E-state index in [9.17, 15) is 17.6 Å². The lowest BCUT2D eigenvalue weighted by atomic mass is 10.1. The van der Waals surface area contributed by atoms with Crippen LogP contribution in [0.4, 0.5) is 27.1 Å². The van der Waals surface area contributed by atoms with E-state index in [0.29, 0.717) is 34.9 Å². The molecule has 1 fully saturated rings. The van der Waals surface area contributed by atoms with Crippen molar-refractivity contribution in [3.8, 4) is 11.1 Å². The van der Waals surface area contributed by atoms with Crippen LogP contribution in [0.25, 0.3) is 11.1 Å². The Bertz CT molecular complexity index is 1510. The first kappa shape index (κ1) is 24.1. The Morgan fingerprint density at radius 2 is 2.00 bits per heavy atom. The maximum absolute atomic E-state index is 13.4. The summed E-state index contributed by atoms with van der Waals surface area (Å²) in [4.78, 5) is 21.7. The van der Waals surface area contributed by atoms with Gasteiger partial charge in [0.05, 0.1) is 46.8 Å². The number of aryl methyl sites for hydroxylation is 1. The van der Waals surface area contributed by atoms with E-state index in [2.05, 4.69) is 20.4 Å². The molecule has 1 aliphatic carbocycles. The first-order chi connectivity index (χ1) is 17.0. The number of nitrogens with zero attached hydrogens (tertiary/aromatic N) is 5. The summed E-state index contributed by atoms with van der Waals surface area (Å²) >= 11 is 0. The predicted molar refractivity (Wildman–Crippen MR) is 138 cm³/mol. The van der Waals surface area contributed by atoms with E-state index in [1.54, 1.807) is 29.1 Å². The van der Waals surface area contributed by atoms with Gasteiger partial charge < -0.3 is 5.32 Å². The molecule has 5 rings (SSSR count). The zero-order valence-corrected chi connectivity index (χ0v) is 21.3. The Morgan fingerprint density at radius 1 is 1.25 bits per heavy atom. The topological polar surface area (TPSA) is 110 Å². The summed E-state index contributed by atoms with van der Waals surface area (Å²) in [5, 5.41) is 7.54. The van der Waals surface area contributed by atoms with Gasteiger partial charge in [0, 0.05) is 44.4 Å². The van der Waals surface area contributed by atoms with Crippen molar-refractivity contribution < 1.29 is 17.6 Å². The third-order valence-corrected chi connectivity index (χ3v) is 7.66. The Balaban J connectivity index is 1.55. The number of pyridine rings is 1. The number of sulfonamides is 1. The summed E-state index contributed by atoms with van der Waals surface area (Å²) in [5.41, 5.74) is 6.08. The maximum atomic E-state index is 13.4. The number of anilines is 3. The van der Waals surface area contributed by atoms with Crippen LogP contribution < -0.4 is 9.62 Å². The fourth-order valence-electron chi connectivity index (χ4n) is 4.33. The highest BCUT2D eigenvalue weighted by molar-refractivity contribution is 7.92. The average Bonchev–Trinajstić information content (AvgIpc) is 3.18. The summed E-state index contributed by atoms with van der Waals surface area (Å²) in [6.45, 7) is 1.90. The molecule has 3 heterocycles. The number of Topliss-reactive ketones (excluding diaryl/α,β-unsaturated/α-hetero) is 1. The Hall–Kier alpha value is -3.60. The second-order valence-corrected chi connectivity index (χ2v) is 11.5. The zero-order chi connectivity index (χ0) is 25.8. The van der Waals surface area contributed by atoms with Crippen LogP contribution in [-0.4, -0.2) is 54.2 Å². The number of aliphatic imine (C=N–C) groups is 1. The smallest absolute Gasteiger partial charge is 0.232 e. The number of benzene rings is 1. The van der Waals surface area contributed by atoms with Gasteiger partial charge in [-0.2, -0.15) is 5.10 Å². The number of ketones is 1. The molecule has 36 heavy (non-hydrogen) atoms. The molecular weight excluding hydrogens is 483 g/mol. The fourth-order valence-corrected chi connectivity index (χ4v) is 4.84. The van der Waals surface area contributed by atoms with E-state index in [-0.39, 0.29) is 18.6 Å². The maximum Gasteiger partial charge on any atom is 0.232 e. The minimum atomic E-state index is -3.56. The van der Waals surface area contributed by atoms with Crippen LogP contribution in [0.3, 0.4) is 0 Å². The number of aromatic nitrogens is 3. The summed E-state index contributed by atoms with van der Waals surface area (Å²) in [6, 6.07) is 7.22. The van der Waals surface area contributed by atoms with Crippen LogP contribution in [0.1, 0.15) is 24.7 Å². The molecule has 1 aliphatic heterocycles. The van der Waals surface area contributed by atoms with Crippen LogP contribution in [0.15, 0.2) is 41.7 Å². The number of hydrogen-bond acceptors (Lipinski definition) is 7. The van der Waals surface area contributed by atoms with Crippen molar-refractivity contribution in [3.63, 3.8) is 0 Å². The van der Waals surface area contributed by atoms with Gasteiger partial charge >= 0.3 is 0 Å². The third kappa shape index (κ3) is 4.75. The summed E-state index contributed by atoms with van der Waals surface area (Å²) < 4.78 is 41.2. The van der Waals surface area contributed by atoms with E-state index < -0.39 is 22.1 Å². The number of nitrogens with one attached hydrogen (secondary N) is 1. The van der Waals surface area contributed by atoms with Gasteiger partial charge in [0.2, 0.25) is 10.0 Å². The molecule has 1 N–H and O–H groups in total. The predicted octanol–water partition coefficient (Wildman–Crippen LogP) is 3.74. The molecule has 3 aromatic rings. The van der Waals surface area contributed by atoms with E-state index in [0.717, 1.165) is 28.8 Å². The third-order valence-electron chi connectivity index (χ3n) is 6.47. The first-order valence-corrected chi connectivity index (χ1v) is 13.4. The Morgan fingerprint density at radius 3 is 2.64 bits per heavy atom. The Labute approximate surface area is 209 Å². The fraction of sp³-hybridized carbons (Fsp3) is 0.360. The minimum Gasteiger partial charge on any atom is -0.352 e. The molecule has 1 saturated carbocycles. The largest absolute Gasteiger partial charge is 0.352 e. The molecule has 0 saturated heterocycles. The molecular formula is C25H27FN6O3S. The van der Waals surface area contributed by atoms with E-state index in [1.165, 1.54) is 11.4 Å². The standard InChI is InChI=1S/C25H27FN6O3S/c1-14-7-21-25(28-14)22(9-17(29-21)10-24(33)18-11-19(18)26)30-20-6-5-15(16-12-27-31(2)13-16)8-23(20)32(3)36(4,34)35/h5-6,8-9,12-13,18-19H,7,10-11H2,1-4H3,(H,29,30)/t18-,19+/m0/s1. The molecule has 188 valence electrons. The number of halogens is 1. The van der Waals surface area contributed by atoms with Gasteiger partial charge in [-0.05, 0) is 37.1 Å². The number of carbonyl (C=O) groups is 1. The molecule has 1 aromatic carbocycles. The van der Waals surface area contributed by atoms with Gasteiger partial charge in [-0.25, -0.2) is 12.8 Å². The molecule has 0 unspecified atom stereocenters. The van der Waals surface area contributed by atoms with Crippen LogP contribution in [0.2, 0.25) is 0 Å². The highest BCUT2D eigenvalue weighted by Crippen LogP contribution is 2.41. The lowest BCUT2D eigenvalue weighted by molar-refractivity contribution is -0.120. The van der Waals surface area contributed by atoms with Crippen molar-refractivity contribution >= 4 is 44.3 Å². The SMILES string of the molecule is CC1=Nc2c(Nc3ccc(-c4cnn(C)c4)cc3N(C)S(C)(=O)=O)cc(CC(=O)[C@H]3C[C@H]3F)nc2C1. The number of fused-ring (bicyclic) bond motifs is 1. The van der Waals surface area contributed by atoms with E-state index in [1.807, 2.05) is 26.2 Å². The Kier molecular flexibility index (Phi) is 5.90. The summed E-state index contributed by atoms with van der Waals surface area (Å²) in [5.74, 6) is -0.695. The second-order valence-electron chi connectivity index (χ2n) is 9.47. The molecule has 0 radical (unpaired) electrons. The number of rotatable bonds is 8. The van der Waals surface area contributed by atoms with E-state index in [4.69, 9.17) is 0 Å². The van der Waals surface area contributed by atoms with Crippen molar-refractivity contribution in [2.75, 3.05) is 22.9 Å². The van der Waals surface area contributed by atoms with Gasteiger partial charge in [-0.1, -0.05) is 6.07 Å². The molecule has 2 atom stereocenters. The van der Waals surface area contributed by atoms with Crippen molar-refractivity contribution in [2.45, 2.75) is 32.4 Å². The van der Waals surface area contributed by atoms with E-state index >= 15 is 0 Å². The number of hydrogen-bond donors (Lipinski definition) is 1. The van der Waals surface area contributed by atoms with Crippen molar-refractivity contribution in [1.29, 1.82) is 0 Å². The monoisotopic (exact) mass is 510 g/mol. The molecule has 0 spiro atoms. The van der Waals surface area contributed by atoms with Gasteiger partial charge in [-0.3, -0.25) is 23.8 Å². The minimum absolute atomic E-state index is 0.0438. The number of alkyl halides is 1. The van der Waals surface area contributed by atoms with Crippen LogP contribution in [-0.2, 0) is 34.7 Å². The quantitative estimate of drug-likeness (QED) is 0.495. The highest BCUT2D eigenvalue weighted by Gasteiger charge is 2.43. The second kappa shape index (κ2) is 8.81. The van der Waals surface area contributed by atoms with Gasteiger partial charge in [0.1, 0.15) is 17.6 Å². The molecule has 9 nitrogen and oxygen atoms in total. The molecule has 0 amide bonds. The van der Waals surface area contributed by atoms with Crippen molar-refractivity contribution in [3.05, 3.63) is 48.0 Å². The van der Waals surface area contributed by atoms with Crippen molar-refractivity contribution in [1.82, 2.24) is 14.8 Å². The zero-order valence-electron chi connectivity index (χ0n) is 20.5. The normalized spacial score (nSPS) is 18.5. The lowest BCUT2D eigenvalue weighted by Gasteiger charge is -2.22. The lowest BCUT2D eigenvalue weighted by Crippen LogP contribution is -2.25. The molecule has 2 aliphatic rings. The van der Waals surface area contributed by atoms with Crippen LogP contribution >= 0.6 is 0 Å². The number of carbonyl (C=O) groups excluding carboxylic acids is 1. The molecule has 2 aromatic heterocycles. The van der Waals surface area contributed by atoms with Gasteiger partial charge in [0.25, 0.3) is 0 Å². The van der Waals surface area contributed by atoms with Gasteiger partial charge in [-0.15, -0.1) is 0 Å². The first-order valence-electron chi connectivity index (χ1n) is 11.6. The van der Waals surface area contributed by atoms with Gasteiger partial charge in [0.15, 0.2) is 0 Å².